The van der Waals surface area contributed by atoms with Gasteiger partial charge in [-0.3, -0.25) is 4.57 Å². The highest BCUT2D eigenvalue weighted by Gasteiger charge is 2.14. The number of anilines is 3. The van der Waals surface area contributed by atoms with E-state index in [1.807, 2.05) is 72.8 Å². The van der Waals surface area contributed by atoms with Crippen LogP contribution in [-0.2, 0) is 11.2 Å². The minimum atomic E-state index is -4.00. The van der Waals surface area contributed by atoms with E-state index in [0.29, 0.717) is 5.75 Å². The van der Waals surface area contributed by atoms with Crippen LogP contribution in [0.1, 0.15) is 12.0 Å². The maximum Gasteiger partial charge on any atom is 0.325 e. The molecule has 31 heavy (non-hydrogen) atoms. The van der Waals surface area contributed by atoms with Crippen LogP contribution in [-0.4, -0.2) is 34.8 Å². The Balaban J connectivity index is 1.82. The van der Waals surface area contributed by atoms with Crippen molar-refractivity contribution in [2.24, 2.45) is 0 Å². The van der Waals surface area contributed by atoms with Crippen LogP contribution in [0.25, 0.3) is 0 Å². The van der Waals surface area contributed by atoms with E-state index < -0.39 is 7.60 Å². The third kappa shape index (κ3) is 6.57. The van der Waals surface area contributed by atoms with E-state index in [0.717, 1.165) is 28.4 Å². The first-order valence-corrected chi connectivity index (χ1v) is 11.6. The third-order valence-corrected chi connectivity index (χ3v) is 5.56. The summed E-state index contributed by atoms with van der Waals surface area (Å²) in [6.45, 7) is 0.214. The zero-order valence-electron chi connectivity index (χ0n) is 17.2. The van der Waals surface area contributed by atoms with Crippen molar-refractivity contribution >= 4 is 24.7 Å². The maximum absolute atomic E-state index is 10.9. The van der Waals surface area contributed by atoms with Gasteiger partial charge in [-0.25, -0.2) is 0 Å². The first-order valence-electron chi connectivity index (χ1n) is 9.81. The Bertz CT molecular complexity index is 952. The summed E-state index contributed by atoms with van der Waals surface area (Å²) in [5.41, 5.74) is 3.60. The number of hydrogen-bond acceptors (Lipinski definition) is 5. The van der Waals surface area contributed by atoms with Gasteiger partial charge in [-0.05, 0) is 72.6 Å². The summed E-state index contributed by atoms with van der Waals surface area (Å²) in [7, 11) is -2.38. The van der Waals surface area contributed by atoms with Gasteiger partial charge in [0, 0.05) is 17.1 Å². The normalized spacial score (nSPS) is 11.2. The van der Waals surface area contributed by atoms with Gasteiger partial charge in [0.15, 0.2) is 0 Å². The van der Waals surface area contributed by atoms with Crippen molar-refractivity contribution in [2.75, 3.05) is 24.8 Å². The van der Waals surface area contributed by atoms with Crippen molar-refractivity contribution in [3.8, 4) is 11.5 Å². The van der Waals surface area contributed by atoms with E-state index in [2.05, 4.69) is 4.90 Å². The summed E-state index contributed by atoms with van der Waals surface area (Å²) >= 11 is 0. The number of aliphatic hydroxyl groups is 1. The molecule has 0 saturated carbocycles. The van der Waals surface area contributed by atoms with E-state index in [-0.39, 0.29) is 25.8 Å². The molecule has 0 saturated heterocycles. The standard InChI is InChI=1S/C23H26NO6P/c1-29-22-11-7-20(8-12-22)24(19-5-3-18(17-25)4-6-19)21-9-13-23(14-10-21)30-15-2-16-31(26,27)28/h3-14,25H,2,15-17H2,1H3,(H2,26,27,28). The lowest BCUT2D eigenvalue weighted by Gasteiger charge is -2.26. The first kappa shape index (κ1) is 22.8. The molecular weight excluding hydrogens is 417 g/mol. The molecule has 0 unspecified atom stereocenters. The van der Waals surface area contributed by atoms with Gasteiger partial charge in [0.1, 0.15) is 11.5 Å². The summed E-state index contributed by atoms with van der Waals surface area (Å²) in [6, 6.07) is 22.9. The van der Waals surface area contributed by atoms with E-state index in [9.17, 15) is 9.67 Å². The van der Waals surface area contributed by atoms with Gasteiger partial charge in [-0.2, -0.15) is 0 Å². The lowest BCUT2D eigenvalue weighted by molar-refractivity contribution is 0.282. The summed E-state index contributed by atoms with van der Waals surface area (Å²) in [6.07, 6.45) is 0.0847. The van der Waals surface area contributed by atoms with Crippen LogP contribution in [0.15, 0.2) is 72.8 Å². The largest absolute Gasteiger partial charge is 0.497 e. The summed E-state index contributed by atoms with van der Waals surface area (Å²) in [4.78, 5) is 19.9. The second kappa shape index (κ2) is 10.5. The molecule has 0 aliphatic heterocycles. The Labute approximate surface area is 181 Å². The highest BCUT2D eigenvalue weighted by molar-refractivity contribution is 7.51. The number of rotatable bonds is 10. The van der Waals surface area contributed by atoms with Gasteiger partial charge in [0.05, 0.1) is 26.5 Å². The molecule has 0 amide bonds. The number of methoxy groups -OCH3 is 1. The lowest BCUT2D eigenvalue weighted by Crippen LogP contribution is -2.10. The van der Waals surface area contributed by atoms with Gasteiger partial charge in [0.25, 0.3) is 0 Å². The average Bonchev–Trinajstić information content (AvgIpc) is 2.78. The van der Waals surface area contributed by atoms with Crippen molar-refractivity contribution in [3.63, 3.8) is 0 Å². The molecule has 0 heterocycles. The molecule has 0 fully saturated rings. The first-order chi connectivity index (χ1) is 14.9. The van der Waals surface area contributed by atoms with E-state index in [4.69, 9.17) is 19.3 Å². The number of nitrogens with zero attached hydrogens (tertiary/aromatic N) is 1. The molecule has 0 aliphatic carbocycles. The Hall–Kier alpha value is -2.83. The van der Waals surface area contributed by atoms with Crippen molar-refractivity contribution in [3.05, 3.63) is 78.4 Å². The Kier molecular flexibility index (Phi) is 7.71. The quantitative estimate of drug-likeness (QED) is 0.311. The predicted molar refractivity (Wildman–Crippen MR) is 121 cm³/mol. The van der Waals surface area contributed by atoms with Crippen LogP contribution in [0.3, 0.4) is 0 Å². The minimum absolute atomic E-state index is 0.0170. The molecule has 0 aliphatic rings. The predicted octanol–water partition coefficient (Wildman–Crippen LogP) is 4.60. The molecule has 3 aromatic carbocycles. The SMILES string of the molecule is COc1ccc(N(c2ccc(CO)cc2)c2ccc(OCCCP(=O)(O)O)cc2)cc1. The van der Waals surface area contributed by atoms with Crippen LogP contribution >= 0.6 is 7.60 Å². The van der Waals surface area contributed by atoms with E-state index >= 15 is 0 Å². The highest BCUT2D eigenvalue weighted by Crippen LogP contribution is 2.37. The molecule has 3 N–H and O–H groups in total. The Morgan fingerprint density at radius 2 is 1.29 bits per heavy atom. The van der Waals surface area contributed by atoms with Crippen LogP contribution in [0.4, 0.5) is 17.1 Å². The van der Waals surface area contributed by atoms with Gasteiger partial charge >= 0.3 is 7.60 Å². The van der Waals surface area contributed by atoms with E-state index in [1.54, 1.807) is 7.11 Å². The Morgan fingerprint density at radius 3 is 1.74 bits per heavy atom. The van der Waals surface area contributed by atoms with Crippen LogP contribution in [0.5, 0.6) is 11.5 Å². The van der Waals surface area contributed by atoms with Crippen LogP contribution < -0.4 is 14.4 Å². The molecule has 7 nitrogen and oxygen atoms in total. The molecule has 3 rings (SSSR count). The van der Waals surface area contributed by atoms with Gasteiger partial charge in [-0.15, -0.1) is 0 Å². The fraction of sp³-hybridized carbons (Fsp3) is 0.217. The topological polar surface area (TPSA) is 99.5 Å². The van der Waals surface area contributed by atoms with Crippen molar-refractivity contribution in [1.82, 2.24) is 0 Å². The van der Waals surface area contributed by atoms with Crippen LogP contribution in [0.2, 0.25) is 0 Å². The second-order valence-corrected chi connectivity index (χ2v) is 8.72. The fourth-order valence-corrected chi connectivity index (χ4v) is 3.62. The van der Waals surface area contributed by atoms with Crippen molar-refractivity contribution in [1.29, 1.82) is 0 Å². The summed E-state index contributed by atoms with van der Waals surface area (Å²) in [5.74, 6) is 1.39. The maximum atomic E-state index is 10.9. The Morgan fingerprint density at radius 1 is 0.806 bits per heavy atom. The highest BCUT2D eigenvalue weighted by atomic mass is 31.2. The van der Waals surface area contributed by atoms with Gasteiger partial charge in [0.2, 0.25) is 0 Å². The molecule has 164 valence electrons. The third-order valence-electron chi connectivity index (χ3n) is 4.67. The molecular formula is C23H26NO6P. The fourth-order valence-electron chi connectivity index (χ4n) is 3.08. The monoisotopic (exact) mass is 443 g/mol. The van der Waals surface area contributed by atoms with Gasteiger partial charge in [-0.1, -0.05) is 12.1 Å². The summed E-state index contributed by atoms with van der Waals surface area (Å²) in [5, 5.41) is 9.34. The van der Waals surface area contributed by atoms with Crippen molar-refractivity contribution < 1.29 is 28.9 Å². The molecule has 8 heteroatoms. The number of benzene rings is 3. The van der Waals surface area contributed by atoms with Crippen LogP contribution in [0, 0.1) is 0 Å². The minimum Gasteiger partial charge on any atom is -0.497 e. The number of ether oxygens (including phenoxy) is 2. The molecule has 0 aromatic heterocycles. The molecule has 0 spiro atoms. The average molecular weight is 443 g/mol. The summed E-state index contributed by atoms with van der Waals surface area (Å²) < 4.78 is 21.8. The smallest absolute Gasteiger partial charge is 0.325 e. The number of hydrogen-bond donors (Lipinski definition) is 3. The number of aliphatic hydroxyl groups excluding tert-OH is 1. The molecule has 0 radical (unpaired) electrons. The van der Waals surface area contributed by atoms with E-state index in [1.165, 1.54) is 0 Å². The molecule has 0 bridgehead atoms. The lowest BCUT2D eigenvalue weighted by atomic mass is 10.1. The molecule has 3 aromatic rings. The zero-order chi connectivity index (χ0) is 22.3. The van der Waals surface area contributed by atoms with Gasteiger partial charge < -0.3 is 29.3 Å². The van der Waals surface area contributed by atoms with Crippen molar-refractivity contribution in [2.45, 2.75) is 13.0 Å². The zero-order valence-corrected chi connectivity index (χ0v) is 18.1. The molecule has 0 atom stereocenters. The second-order valence-electron chi connectivity index (χ2n) is 6.94.